The molecule has 1 aliphatic heterocycles. The van der Waals surface area contributed by atoms with Crippen LogP contribution in [-0.2, 0) is 4.79 Å². The molecular formula is C10H13NO. The third kappa shape index (κ3) is 1.11. The molecule has 0 aromatic heterocycles. The number of carbonyl (C=O) groups excluding carboxylic acids is 1. The zero-order valence-electron chi connectivity index (χ0n) is 7.39. The number of ketones is 1. The van der Waals surface area contributed by atoms with Crippen molar-refractivity contribution in [3.8, 4) is 0 Å². The predicted molar refractivity (Wildman–Crippen MR) is 48.5 cm³/mol. The Kier molecular flexibility index (Phi) is 1.83. The van der Waals surface area contributed by atoms with E-state index in [-0.39, 0.29) is 5.78 Å². The molecule has 0 bridgehead atoms. The molecule has 0 spiro atoms. The molecule has 0 unspecified atom stereocenters. The quantitative estimate of drug-likeness (QED) is 0.536. The lowest BCUT2D eigenvalue weighted by Crippen LogP contribution is -2.21. The molecule has 1 heterocycles. The van der Waals surface area contributed by atoms with Crippen LogP contribution in [0.2, 0.25) is 0 Å². The van der Waals surface area contributed by atoms with E-state index in [9.17, 15) is 4.79 Å². The largest absolute Gasteiger partial charge is 0.292 e. The molecule has 0 N–H and O–H groups in total. The molecule has 1 aliphatic carbocycles. The van der Waals surface area contributed by atoms with Crippen LogP contribution < -0.4 is 0 Å². The van der Waals surface area contributed by atoms with E-state index in [0.29, 0.717) is 6.54 Å². The molecule has 0 saturated carbocycles. The van der Waals surface area contributed by atoms with E-state index in [1.165, 1.54) is 18.4 Å². The normalized spacial score (nSPS) is 23.8. The van der Waals surface area contributed by atoms with Gasteiger partial charge in [-0.2, -0.15) is 0 Å². The average Bonchev–Trinajstić information content (AvgIpc) is 2.12. The Balaban J connectivity index is 2.41. The number of hydrogen-bond donors (Lipinski definition) is 0. The molecular weight excluding hydrogens is 150 g/mol. The number of rotatable bonds is 0. The number of dihydropyridines is 1. The molecule has 64 valence electrons. The van der Waals surface area contributed by atoms with Gasteiger partial charge < -0.3 is 0 Å². The predicted octanol–water partition coefficient (Wildman–Crippen LogP) is 1.90. The van der Waals surface area contributed by atoms with Gasteiger partial charge in [0.2, 0.25) is 0 Å². The maximum absolute atomic E-state index is 11.4. The molecule has 0 radical (unpaired) electrons. The first kappa shape index (κ1) is 7.71. The SMILES string of the molecule is CC1=NCC(=O)C2=C1CCCC2. The van der Waals surface area contributed by atoms with Crippen LogP contribution in [0.15, 0.2) is 16.1 Å². The van der Waals surface area contributed by atoms with Crippen molar-refractivity contribution in [1.29, 1.82) is 0 Å². The summed E-state index contributed by atoms with van der Waals surface area (Å²) < 4.78 is 0. The Labute approximate surface area is 72.4 Å². The van der Waals surface area contributed by atoms with Crippen molar-refractivity contribution in [2.24, 2.45) is 4.99 Å². The lowest BCUT2D eigenvalue weighted by atomic mass is 9.85. The van der Waals surface area contributed by atoms with E-state index >= 15 is 0 Å². The van der Waals surface area contributed by atoms with Crippen LogP contribution in [0.5, 0.6) is 0 Å². The van der Waals surface area contributed by atoms with Crippen LogP contribution in [0.3, 0.4) is 0 Å². The Morgan fingerprint density at radius 3 is 2.50 bits per heavy atom. The minimum atomic E-state index is 0.260. The summed E-state index contributed by atoms with van der Waals surface area (Å²) in [5.74, 6) is 0.260. The Morgan fingerprint density at radius 2 is 1.83 bits per heavy atom. The van der Waals surface area contributed by atoms with Crippen LogP contribution in [0.4, 0.5) is 0 Å². The van der Waals surface area contributed by atoms with Crippen molar-refractivity contribution >= 4 is 11.5 Å². The molecule has 0 amide bonds. The number of Topliss-reactive ketones (excluding diaryl/α,β-unsaturated/α-hetero) is 1. The summed E-state index contributed by atoms with van der Waals surface area (Å²) in [5.41, 5.74) is 3.43. The van der Waals surface area contributed by atoms with Crippen LogP contribution in [0, 0.1) is 0 Å². The first-order chi connectivity index (χ1) is 5.79. The molecule has 12 heavy (non-hydrogen) atoms. The Hall–Kier alpha value is -0.920. The smallest absolute Gasteiger partial charge is 0.180 e. The maximum atomic E-state index is 11.4. The summed E-state index contributed by atoms with van der Waals surface area (Å²) in [4.78, 5) is 15.6. The van der Waals surface area contributed by atoms with Gasteiger partial charge in [0.25, 0.3) is 0 Å². The molecule has 0 aromatic carbocycles. The highest BCUT2D eigenvalue weighted by molar-refractivity contribution is 6.12. The van der Waals surface area contributed by atoms with Gasteiger partial charge in [0, 0.05) is 11.3 Å². The van der Waals surface area contributed by atoms with E-state index in [2.05, 4.69) is 4.99 Å². The number of allylic oxidation sites excluding steroid dienone is 1. The fourth-order valence-corrected chi connectivity index (χ4v) is 1.99. The third-order valence-corrected chi connectivity index (χ3v) is 2.70. The van der Waals surface area contributed by atoms with E-state index in [1.54, 1.807) is 0 Å². The van der Waals surface area contributed by atoms with Gasteiger partial charge in [-0.05, 0) is 38.2 Å². The van der Waals surface area contributed by atoms with Crippen LogP contribution in [0.25, 0.3) is 0 Å². The highest BCUT2D eigenvalue weighted by atomic mass is 16.1. The first-order valence-corrected chi connectivity index (χ1v) is 4.55. The second-order valence-corrected chi connectivity index (χ2v) is 3.49. The van der Waals surface area contributed by atoms with Gasteiger partial charge in [0.15, 0.2) is 5.78 Å². The standard InChI is InChI=1S/C10H13NO/c1-7-8-4-2-3-5-9(8)10(12)6-11-7/h2-6H2,1H3. The second kappa shape index (κ2) is 2.85. The highest BCUT2D eigenvalue weighted by Crippen LogP contribution is 2.28. The number of aliphatic imine (C=N–C) groups is 1. The van der Waals surface area contributed by atoms with E-state index in [4.69, 9.17) is 0 Å². The van der Waals surface area contributed by atoms with Crippen LogP contribution in [-0.4, -0.2) is 18.0 Å². The van der Waals surface area contributed by atoms with Gasteiger partial charge >= 0.3 is 0 Å². The number of hydrogen-bond acceptors (Lipinski definition) is 2. The Morgan fingerprint density at radius 1 is 1.17 bits per heavy atom. The van der Waals surface area contributed by atoms with E-state index < -0.39 is 0 Å². The van der Waals surface area contributed by atoms with Gasteiger partial charge in [-0.25, -0.2) is 0 Å². The third-order valence-electron chi connectivity index (χ3n) is 2.70. The zero-order valence-corrected chi connectivity index (χ0v) is 7.39. The van der Waals surface area contributed by atoms with Crippen molar-refractivity contribution in [3.05, 3.63) is 11.1 Å². The average molecular weight is 163 g/mol. The molecule has 0 aromatic rings. The first-order valence-electron chi connectivity index (χ1n) is 4.55. The van der Waals surface area contributed by atoms with Crippen LogP contribution in [0.1, 0.15) is 32.6 Å². The van der Waals surface area contributed by atoms with Crippen molar-refractivity contribution < 1.29 is 4.79 Å². The van der Waals surface area contributed by atoms with Crippen molar-refractivity contribution in [2.45, 2.75) is 32.6 Å². The Bertz CT molecular complexity index is 278. The van der Waals surface area contributed by atoms with Crippen molar-refractivity contribution in [2.75, 3.05) is 6.54 Å². The summed E-state index contributed by atoms with van der Waals surface area (Å²) in [6.45, 7) is 2.41. The van der Waals surface area contributed by atoms with Gasteiger partial charge in [-0.1, -0.05) is 0 Å². The summed E-state index contributed by atoms with van der Waals surface area (Å²) in [6, 6.07) is 0. The van der Waals surface area contributed by atoms with E-state index in [0.717, 1.165) is 24.1 Å². The minimum Gasteiger partial charge on any atom is -0.292 e. The van der Waals surface area contributed by atoms with Gasteiger partial charge in [-0.3, -0.25) is 9.79 Å². The molecule has 2 nitrogen and oxygen atoms in total. The van der Waals surface area contributed by atoms with E-state index in [1.807, 2.05) is 6.92 Å². The van der Waals surface area contributed by atoms with Crippen molar-refractivity contribution in [1.82, 2.24) is 0 Å². The summed E-state index contributed by atoms with van der Waals surface area (Å²) in [6.07, 6.45) is 4.45. The lowest BCUT2D eigenvalue weighted by Gasteiger charge is -2.22. The zero-order chi connectivity index (χ0) is 8.55. The summed E-state index contributed by atoms with van der Waals surface area (Å²) >= 11 is 0. The molecule has 2 aliphatic rings. The topological polar surface area (TPSA) is 29.4 Å². The number of carbonyl (C=O) groups is 1. The van der Waals surface area contributed by atoms with Gasteiger partial charge in [-0.15, -0.1) is 0 Å². The molecule has 2 heteroatoms. The lowest BCUT2D eigenvalue weighted by molar-refractivity contribution is -0.114. The molecule has 2 rings (SSSR count). The van der Waals surface area contributed by atoms with Gasteiger partial charge in [0.05, 0.1) is 0 Å². The minimum absolute atomic E-state index is 0.260. The van der Waals surface area contributed by atoms with Crippen LogP contribution >= 0.6 is 0 Å². The molecule has 0 fully saturated rings. The van der Waals surface area contributed by atoms with Gasteiger partial charge in [0.1, 0.15) is 6.54 Å². The maximum Gasteiger partial charge on any atom is 0.180 e. The molecule has 0 saturated heterocycles. The van der Waals surface area contributed by atoms with Crippen molar-refractivity contribution in [3.63, 3.8) is 0 Å². The fraction of sp³-hybridized carbons (Fsp3) is 0.600. The second-order valence-electron chi connectivity index (χ2n) is 3.49. The summed E-state index contributed by atoms with van der Waals surface area (Å²) in [5, 5.41) is 0. The fourth-order valence-electron chi connectivity index (χ4n) is 1.99. The molecule has 0 atom stereocenters. The number of nitrogens with zero attached hydrogens (tertiary/aromatic N) is 1. The summed E-state index contributed by atoms with van der Waals surface area (Å²) in [7, 11) is 0. The monoisotopic (exact) mass is 163 g/mol. The highest BCUT2D eigenvalue weighted by Gasteiger charge is 2.23.